The molecule has 0 spiro atoms. The lowest BCUT2D eigenvalue weighted by atomic mass is 9.99. The van der Waals surface area contributed by atoms with Crippen LogP contribution in [0.15, 0.2) is 36.7 Å². The van der Waals surface area contributed by atoms with E-state index in [-0.39, 0.29) is 12.1 Å². The van der Waals surface area contributed by atoms with Gasteiger partial charge in [0.25, 0.3) is 8.53 Å². The van der Waals surface area contributed by atoms with Crippen LogP contribution in [0.25, 0.3) is 44.4 Å². The van der Waals surface area contributed by atoms with E-state index in [0.29, 0.717) is 55.2 Å². The Morgan fingerprint density at radius 2 is 1.32 bits per heavy atom. The Labute approximate surface area is 340 Å². The first-order valence-electron chi connectivity index (χ1n) is 20.4. The summed E-state index contributed by atoms with van der Waals surface area (Å²) in [7, 11) is 0.302. The molecule has 0 saturated heterocycles. The monoisotopic (exact) mass is 793 g/mol. The highest BCUT2D eigenvalue weighted by molar-refractivity contribution is 7.44. The van der Waals surface area contributed by atoms with Crippen molar-refractivity contribution in [3.8, 4) is 17.6 Å². The number of rotatable bonds is 17. The number of ether oxygens (including phenoxy) is 2. The Morgan fingerprint density at radius 3 is 1.93 bits per heavy atom. The molecule has 3 aromatic rings. The molecule has 2 aliphatic rings. The summed E-state index contributed by atoms with van der Waals surface area (Å²) >= 11 is 0. The van der Waals surface area contributed by atoms with Crippen molar-refractivity contribution in [3.05, 3.63) is 70.6 Å². The van der Waals surface area contributed by atoms with Crippen molar-refractivity contribution in [2.45, 2.75) is 120 Å². The van der Waals surface area contributed by atoms with Gasteiger partial charge in [0, 0.05) is 36.2 Å². The Kier molecular flexibility index (Phi) is 15.5. The largest absolute Gasteiger partial charge is 0.493 e. The number of fused-ring (bicyclic) bond motifs is 7. The molecule has 6 bridgehead atoms. The molecule has 1 unspecified atom stereocenters. The Hall–Kier alpha value is -4.46. The van der Waals surface area contributed by atoms with Crippen LogP contribution in [0.5, 0.6) is 11.5 Å². The van der Waals surface area contributed by atoms with Crippen molar-refractivity contribution in [2.24, 2.45) is 0 Å². The average Bonchev–Trinajstić information content (AvgIpc) is 3.79. The molecule has 1 atom stereocenters. The topological polar surface area (TPSA) is 131 Å². The zero-order valence-electron chi connectivity index (χ0n) is 35.7. The Bertz CT molecular complexity index is 2210. The van der Waals surface area contributed by atoms with Crippen LogP contribution in [-0.4, -0.2) is 68.6 Å². The number of aromatic nitrogens is 5. The highest BCUT2D eigenvalue weighted by Crippen LogP contribution is 2.46. The van der Waals surface area contributed by atoms with Crippen molar-refractivity contribution >= 4 is 52.9 Å². The summed E-state index contributed by atoms with van der Waals surface area (Å²) in [6.45, 7) is 22.7. The van der Waals surface area contributed by atoms with Gasteiger partial charge in [0.2, 0.25) is 0 Å². The second-order valence-electron chi connectivity index (χ2n) is 14.7. The van der Waals surface area contributed by atoms with Crippen LogP contribution >= 0.6 is 8.53 Å². The highest BCUT2D eigenvalue weighted by Gasteiger charge is 2.27. The number of benzene rings is 1. The summed E-state index contributed by atoms with van der Waals surface area (Å²) in [4.78, 5) is 24.0. The first-order valence-corrected chi connectivity index (χ1v) is 21.5. The molecule has 0 radical (unpaired) electrons. The third-order valence-corrected chi connectivity index (χ3v) is 12.5. The summed E-state index contributed by atoms with van der Waals surface area (Å²) in [5.41, 5.74) is 14.2. The number of nitrogens with one attached hydrogen (secondary N) is 1. The molecule has 304 valence electrons. The van der Waals surface area contributed by atoms with Gasteiger partial charge in [-0.25, -0.2) is 14.6 Å². The SMILES string of the molecule is CCC1=C(C)c2cnc3cc(OCCCOP(OCCC#N)N(C(C)C)C(C)C)c(OC)cc3ncc3[nH]c(cc4nc(cc1n2)C(CC)=C4CC)c(CC)c3C. The van der Waals surface area contributed by atoms with Gasteiger partial charge in [0.05, 0.1) is 91.1 Å². The smallest absolute Gasteiger partial charge is 0.259 e. The number of nitriles is 1. The minimum Gasteiger partial charge on any atom is -0.493 e. The van der Waals surface area contributed by atoms with E-state index in [2.05, 4.69) is 97.1 Å². The highest BCUT2D eigenvalue weighted by atomic mass is 31.2. The summed E-state index contributed by atoms with van der Waals surface area (Å²) in [6, 6.07) is 10.7. The summed E-state index contributed by atoms with van der Waals surface area (Å²) < 4.78 is 26.7. The van der Waals surface area contributed by atoms with E-state index < -0.39 is 8.53 Å². The van der Waals surface area contributed by atoms with Gasteiger partial charge in [0.1, 0.15) is 0 Å². The fraction of sp³-hybridized carbons (Fsp3) is 0.489. The van der Waals surface area contributed by atoms with E-state index in [0.717, 1.165) is 70.6 Å². The van der Waals surface area contributed by atoms with Gasteiger partial charge in [-0.15, -0.1) is 0 Å². The van der Waals surface area contributed by atoms with Crippen LogP contribution in [0.1, 0.15) is 128 Å². The predicted octanol–water partition coefficient (Wildman–Crippen LogP) is 11.4. The molecule has 0 amide bonds. The number of aryl methyl sites for hydroxylation is 2. The fourth-order valence-corrected chi connectivity index (χ4v) is 9.18. The van der Waals surface area contributed by atoms with Gasteiger partial charge >= 0.3 is 0 Å². The number of aromatic amines is 1. The lowest BCUT2D eigenvalue weighted by Crippen LogP contribution is -2.33. The second-order valence-corrected chi connectivity index (χ2v) is 16.1. The number of allylic oxidation sites excluding steroid dienone is 4. The number of H-pyrrole nitrogens is 1. The van der Waals surface area contributed by atoms with Crippen LogP contribution in [0.3, 0.4) is 0 Å². The Balaban J connectivity index is 1.59. The third-order valence-electron chi connectivity index (χ3n) is 10.4. The molecule has 0 saturated carbocycles. The first-order chi connectivity index (χ1) is 27.5. The van der Waals surface area contributed by atoms with Gasteiger partial charge in [-0.2, -0.15) is 5.26 Å². The van der Waals surface area contributed by atoms with Gasteiger partial charge in [0.15, 0.2) is 11.5 Å². The zero-order valence-corrected chi connectivity index (χ0v) is 36.6. The van der Waals surface area contributed by atoms with E-state index in [1.807, 2.05) is 24.5 Å². The lowest BCUT2D eigenvalue weighted by Gasteiger charge is -2.35. The molecule has 4 heterocycles. The molecule has 0 aliphatic carbocycles. The molecule has 57 heavy (non-hydrogen) atoms. The molecular weight excluding hydrogens is 734 g/mol. The lowest BCUT2D eigenvalue weighted by molar-refractivity contribution is 0.166. The maximum atomic E-state index is 9.06. The van der Waals surface area contributed by atoms with Crippen molar-refractivity contribution < 1.29 is 18.5 Å². The van der Waals surface area contributed by atoms with E-state index in [1.54, 1.807) is 7.11 Å². The van der Waals surface area contributed by atoms with Crippen molar-refractivity contribution in [3.63, 3.8) is 0 Å². The minimum absolute atomic E-state index is 0.226. The maximum Gasteiger partial charge on any atom is 0.259 e. The van der Waals surface area contributed by atoms with E-state index in [4.69, 9.17) is 43.7 Å². The standard InChI is InChI=1S/C45H60N7O4P/c1-12-32-30(9)42-26-47-40-24-44(53-11)45(54-19-17-21-56-57(55-20-16-18-46)52(28(5)6)29(7)8)25-41(40)48-27-43-31(10)33(13-2)37(51-43)23-39-35(15-4)34(14-3)38(49-39)22-36(32)50-42/h22-29,50H,12-17,19-21H2,1-11H3. The number of hydrogen-bond donors (Lipinski definition) is 1. The quantitative estimate of drug-likeness (QED) is 0.104. The number of methoxy groups -OCH3 is 1. The number of nitrogens with zero attached hydrogens (tertiary/aromatic N) is 6. The van der Waals surface area contributed by atoms with Gasteiger partial charge < -0.3 is 23.5 Å². The molecule has 12 heteroatoms. The molecule has 1 aromatic carbocycles. The normalized spacial score (nSPS) is 13.5. The van der Waals surface area contributed by atoms with Crippen LogP contribution < -0.4 is 9.47 Å². The van der Waals surface area contributed by atoms with Crippen LogP contribution in [0.4, 0.5) is 0 Å². The van der Waals surface area contributed by atoms with E-state index in [1.165, 1.54) is 22.3 Å². The minimum atomic E-state index is -1.33. The van der Waals surface area contributed by atoms with Gasteiger partial charge in [-0.05, 0) is 113 Å². The molecular formula is C45H60N7O4P. The molecule has 5 rings (SSSR count). The van der Waals surface area contributed by atoms with Crippen molar-refractivity contribution in [2.75, 3.05) is 26.9 Å². The van der Waals surface area contributed by atoms with Gasteiger partial charge in [-0.3, -0.25) is 9.97 Å². The van der Waals surface area contributed by atoms with Crippen LogP contribution in [0.2, 0.25) is 0 Å². The van der Waals surface area contributed by atoms with E-state index in [9.17, 15) is 0 Å². The second kappa shape index (κ2) is 20.3. The maximum absolute atomic E-state index is 9.06. The van der Waals surface area contributed by atoms with Crippen LogP contribution in [0, 0.1) is 18.3 Å². The molecule has 2 aliphatic heterocycles. The molecule has 2 aromatic heterocycles. The molecule has 11 nitrogen and oxygen atoms in total. The van der Waals surface area contributed by atoms with Crippen molar-refractivity contribution in [1.82, 2.24) is 29.6 Å². The zero-order chi connectivity index (χ0) is 41.2. The number of hydrogen-bond acceptors (Lipinski definition) is 10. The molecule has 0 fully saturated rings. The summed E-state index contributed by atoms with van der Waals surface area (Å²) in [5, 5.41) is 9.06. The molecule has 1 N–H and O–H groups in total. The third kappa shape index (κ3) is 9.99. The van der Waals surface area contributed by atoms with E-state index >= 15 is 0 Å². The Morgan fingerprint density at radius 1 is 0.719 bits per heavy atom. The fourth-order valence-electron chi connectivity index (χ4n) is 7.55. The van der Waals surface area contributed by atoms with Crippen LogP contribution in [-0.2, 0) is 15.5 Å². The first kappa shape index (κ1) is 43.7. The van der Waals surface area contributed by atoms with Gasteiger partial charge in [-0.1, -0.05) is 27.7 Å². The average molecular weight is 794 g/mol. The summed E-state index contributed by atoms with van der Waals surface area (Å²) in [6.07, 6.45) is 8.13. The predicted molar refractivity (Wildman–Crippen MR) is 233 cm³/mol. The van der Waals surface area contributed by atoms with Crippen molar-refractivity contribution in [1.29, 1.82) is 5.26 Å². The summed E-state index contributed by atoms with van der Waals surface area (Å²) in [5.74, 6) is 1.11.